The van der Waals surface area contributed by atoms with Gasteiger partial charge in [-0.25, -0.2) is 8.42 Å². The van der Waals surface area contributed by atoms with Crippen molar-refractivity contribution in [3.05, 3.63) is 28.8 Å². The zero-order valence-electron chi connectivity index (χ0n) is 15.9. The molecular formula is C19H30N2O3S. The maximum absolute atomic E-state index is 13.1. The number of benzene rings is 1. The molecule has 0 atom stereocenters. The quantitative estimate of drug-likeness (QED) is 0.871. The maximum Gasteiger partial charge on any atom is 0.251 e. The summed E-state index contributed by atoms with van der Waals surface area (Å²) < 4.78 is 27.8. The van der Waals surface area contributed by atoms with Crippen LogP contribution >= 0.6 is 0 Å². The van der Waals surface area contributed by atoms with Crippen LogP contribution in [0.15, 0.2) is 17.0 Å². The van der Waals surface area contributed by atoms with Crippen LogP contribution in [0.1, 0.15) is 55.1 Å². The van der Waals surface area contributed by atoms with Crippen LogP contribution in [-0.4, -0.2) is 38.3 Å². The zero-order valence-corrected chi connectivity index (χ0v) is 16.7. The van der Waals surface area contributed by atoms with Gasteiger partial charge >= 0.3 is 0 Å². The van der Waals surface area contributed by atoms with Gasteiger partial charge in [-0.2, -0.15) is 4.31 Å². The monoisotopic (exact) mass is 366 g/mol. The lowest BCUT2D eigenvalue weighted by molar-refractivity contribution is 0.0948. The minimum atomic E-state index is -3.57. The molecule has 1 aromatic rings. The first-order chi connectivity index (χ1) is 11.6. The number of nitrogens with one attached hydrogen (secondary N) is 1. The second kappa shape index (κ2) is 7.87. The Morgan fingerprint density at radius 2 is 1.84 bits per heavy atom. The Morgan fingerprint density at radius 1 is 1.24 bits per heavy atom. The third kappa shape index (κ3) is 4.61. The minimum absolute atomic E-state index is 0.222. The summed E-state index contributed by atoms with van der Waals surface area (Å²) in [5.41, 5.74) is 1.95. The van der Waals surface area contributed by atoms with E-state index in [1.165, 1.54) is 6.07 Å². The van der Waals surface area contributed by atoms with E-state index in [0.29, 0.717) is 37.0 Å². The summed E-state index contributed by atoms with van der Waals surface area (Å²) in [5.74, 6) is 0.678. The fourth-order valence-electron chi connectivity index (χ4n) is 2.99. The highest BCUT2D eigenvalue weighted by atomic mass is 32.2. The summed E-state index contributed by atoms with van der Waals surface area (Å²) in [5, 5.41) is 2.86. The molecule has 1 saturated heterocycles. The number of amides is 1. The molecule has 1 heterocycles. The second-order valence-electron chi connectivity index (χ2n) is 7.61. The number of hydrogen-bond acceptors (Lipinski definition) is 3. The molecule has 0 aliphatic carbocycles. The summed E-state index contributed by atoms with van der Waals surface area (Å²) in [6.07, 6.45) is 1.76. The third-order valence-corrected chi connectivity index (χ3v) is 6.94. The first-order valence-electron chi connectivity index (χ1n) is 9.02. The number of nitrogens with zero attached hydrogens (tertiary/aromatic N) is 1. The number of hydrogen-bond donors (Lipinski definition) is 1. The van der Waals surface area contributed by atoms with Crippen molar-refractivity contribution in [3.8, 4) is 0 Å². The van der Waals surface area contributed by atoms with Crippen LogP contribution in [0.4, 0.5) is 0 Å². The molecule has 1 amide bonds. The van der Waals surface area contributed by atoms with Crippen LogP contribution < -0.4 is 5.32 Å². The second-order valence-corrected chi connectivity index (χ2v) is 9.51. The number of rotatable bonds is 5. The Bertz CT molecular complexity index is 733. The average molecular weight is 367 g/mol. The first-order valence-corrected chi connectivity index (χ1v) is 10.5. The van der Waals surface area contributed by atoms with E-state index < -0.39 is 10.0 Å². The van der Waals surface area contributed by atoms with Gasteiger partial charge in [0.15, 0.2) is 0 Å². The van der Waals surface area contributed by atoms with Gasteiger partial charge in [0.25, 0.3) is 5.91 Å². The van der Waals surface area contributed by atoms with Gasteiger partial charge in [-0.1, -0.05) is 20.8 Å². The zero-order chi connectivity index (χ0) is 18.8. The Kier molecular flexibility index (Phi) is 6.27. The van der Waals surface area contributed by atoms with E-state index in [2.05, 4.69) is 12.2 Å². The molecule has 6 heteroatoms. The average Bonchev–Trinajstić information content (AvgIpc) is 2.55. The largest absolute Gasteiger partial charge is 0.352 e. The Labute approximate surface area is 151 Å². The molecule has 5 nitrogen and oxygen atoms in total. The van der Waals surface area contributed by atoms with Crippen LogP contribution in [-0.2, 0) is 10.0 Å². The van der Waals surface area contributed by atoms with Crippen LogP contribution in [0, 0.1) is 25.7 Å². The summed E-state index contributed by atoms with van der Waals surface area (Å²) in [6, 6.07) is 3.30. The predicted octanol–water partition coefficient (Wildman–Crippen LogP) is 3.11. The standard InChI is InChI=1S/C19H30N2O3S/c1-13(2)12-20-19(22)17-10-15(4)16(5)18(11-17)25(23,24)21-8-6-14(3)7-9-21/h10-11,13-14H,6-9,12H2,1-5H3,(H,20,22). The van der Waals surface area contributed by atoms with Gasteiger partial charge < -0.3 is 5.32 Å². The van der Waals surface area contributed by atoms with Crippen LogP contribution in [0.5, 0.6) is 0 Å². The number of carbonyl (C=O) groups is 1. The molecule has 0 aromatic heterocycles. The normalized spacial score (nSPS) is 17.0. The number of aryl methyl sites for hydroxylation is 1. The number of sulfonamides is 1. The maximum atomic E-state index is 13.1. The Balaban J connectivity index is 2.35. The van der Waals surface area contributed by atoms with E-state index in [9.17, 15) is 13.2 Å². The summed E-state index contributed by atoms with van der Waals surface area (Å²) in [6.45, 7) is 11.5. The van der Waals surface area contributed by atoms with Crippen molar-refractivity contribution in [2.45, 2.75) is 52.4 Å². The van der Waals surface area contributed by atoms with Gasteiger partial charge in [0.2, 0.25) is 10.0 Å². The van der Waals surface area contributed by atoms with Gasteiger partial charge in [-0.05, 0) is 61.8 Å². The van der Waals surface area contributed by atoms with Crippen LogP contribution in [0.25, 0.3) is 0 Å². The highest BCUT2D eigenvalue weighted by molar-refractivity contribution is 7.89. The minimum Gasteiger partial charge on any atom is -0.352 e. The SMILES string of the molecule is Cc1cc(C(=O)NCC(C)C)cc(S(=O)(=O)N2CCC(C)CC2)c1C. The molecule has 0 radical (unpaired) electrons. The van der Waals surface area contributed by atoms with Crippen molar-refractivity contribution in [1.29, 1.82) is 0 Å². The fourth-order valence-corrected chi connectivity index (χ4v) is 4.78. The van der Waals surface area contributed by atoms with E-state index in [0.717, 1.165) is 24.0 Å². The van der Waals surface area contributed by atoms with Crippen molar-refractivity contribution in [2.75, 3.05) is 19.6 Å². The molecule has 0 bridgehead atoms. The van der Waals surface area contributed by atoms with Gasteiger partial charge in [0, 0.05) is 25.2 Å². The molecule has 0 unspecified atom stereocenters. The topological polar surface area (TPSA) is 66.5 Å². The highest BCUT2D eigenvalue weighted by Crippen LogP contribution is 2.28. The van der Waals surface area contributed by atoms with Gasteiger partial charge in [-0.3, -0.25) is 4.79 Å². The molecule has 1 aliphatic rings. The lowest BCUT2D eigenvalue weighted by Gasteiger charge is -2.30. The molecule has 1 N–H and O–H groups in total. The van der Waals surface area contributed by atoms with Crippen molar-refractivity contribution >= 4 is 15.9 Å². The van der Waals surface area contributed by atoms with Gasteiger partial charge in [0.05, 0.1) is 4.90 Å². The van der Waals surface area contributed by atoms with E-state index in [1.54, 1.807) is 10.4 Å². The number of piperidine rings is 1. The molecule has 1 aliphatic heterocycles. The van der Waals surface area contributed by atoms with E-state index in [-0.39, 0.29) is 10.8 Å². The van der Waals surface area contributed by atoms with E-state index in [1.807, 2.05) is 27.7 Å². The fraction of sp³-hybridized carbons (Fsp3) is 0.632. The molecule has 0 spiro atoms. The summed E-state index contributed by atoms with van der Waals surface area (Å²) in [7, 11) is -3.57. The lowest BCUT2D eigenvalue weighted by Crippen LogP contribution is -2.38. The molecule has 0 saturated carbocycles. The Hall–Kier alpha value is -1.40. The van der Waals surface area contributed by atoms with E-state index >= 15 is 0 Å². The molecule has 140 valence electrons. The smallest absolute Gasteiger partial charge is 0.251 e. The van der Waals surface area contributed by atoms with Crippen molar-refractivity contribution < 1.29 is 13.2 Å². The van der Waals surface area contributed by atoms with E-state index in [4.69, 9.17) is 0 Å². The molecule has 1 aromatic carbocycles. The Morgan fingerprint density at radius 3 is 2.40 bits per heavy atom. The van der Waals surface area contributed by atoms with Crippen LogP contribution in [0.2, 0.25) is 0 Å². The van der Waals surface area contributed by atoms with Crippen molar-refractivity contribution in [2.24, 2.45) is 11.8 Å². The third-order valence-electron chi connectivity index (χ3n) is 4.91. The lowest BCUT2D eigenvalue weighted by atomic mass is 10.0. The molecule has 1 fully saturated rings. The molecule has 25 heavy (non-hydrogen) atoms. The van der Waals surface area contributed by atoms with Gasteiger partial charge in [0.1, 0.15) is 0 Å². The summed E-state index contributed by atoms with van der Waals surface area (Å²) >= 11 is 0. The molecular weight excluding hydrogens is 336 g/mol. The predicted molar refractivity (Wildman–Crippen MR) is 100 cm³/mol. The highest BCUT2D eigenvalue weighted by Gasteiger charge is 2.30. The van der Waals surface area contributed by atoms with Crippen LogP contribution in [0.3, 0.4) is 0 Å². The summed E-state index contributed by atoms with van der Waals surface area (Å²) in [4.78, 5) is 12.7. The van der Waals surface area contributed by atoms with Crippen molar-refractivity contribution in [3.63, 3.8) is 0 Å². The molecule has 2 rings (SSSR count). The van der Waals surface area contributed by atoms with Gasteiger partial charge in [-0.15, -0.1) is 0 Å². The first kappa shape index (κ1) is 19.9. The van der Waals surface area contributed by atoms with Crippen molar-refractivity contribution in [1.82, 2.24) is 9.62 Å². The number of carbonyl (C=O) groups excluding carboxylic acids is 1.